The SMILES string of the molecule is CCOc1ccc(CNOC)c(F)c1. The van der Waals surface area contributed by atoms with E-state index in [1.54, 1.807) is 12.1 Å². The van der Waals surface area contributed by atoms with Crippen LogP contribution in [0.25, 0.3) is 0 Å². The molecule has 1 N–H and O–H groups in total. The molecule has 1 rings (SSSR count). The minimum absolute atomic E-state index is 0.291. The third kappa shape index (κ3) is 2.97. The summed E-state index contributed by atoms with van der Waals surface area (Å²) in [7, 11) is 1.49. The minimum atomic E-state index is -0.291. The first-order chi connectivity index (χ1) is 6.77. The topological polar surface area (TPSA) is 30.5 Å². The van der Waals surface area contributed by atoms with Crippen molar-refractivity contribution in [2.24, 2.45) is 0 Å². The molecule has 0 amide bonds. The van der Waals surface area contributed by atoms with Crippen molar-refractivity contribution in [2.75, 3.05) is 13.7 Å². The summed E-state index contributed by atoms with van der Waals surface area (Å²) >= 11 is 0. The molecule has 0 bridgehead atoms. The molecule has 0 radical (unpaired) electrons. The lowest BCUT2D eigenvalue weighted by Gasteiger charge is -2.06. The quantitative estimate of drug-likeness (QED) is 0.734. The van der Waals surface area contributed by atoms with Crippen LogP contribution < -0.4 is 10.2 Å². The van der Waals surface area contributed by atoms with Crippen molar-refractivity contribution in [1.29, 1.82) is 0 Å². The van der Waals surface area contributed by atoms with Crippen molar-refractivity contribution in [3.63, 3.8) is 0 Å². The molecule has 0 unspecified atom stereocenters. The van der Waals surface area contributed by atoms with Crippen molar-refractivity contribution in [3.05, 3.63) is 29.6 Å². The van der Waals surface area contributed by atoms with E-state index in [1.807, 2.05) is 6.92 Å². The van der Waals surface area contributed by atoms with Gasteiger partial charge in [-0.2, -0.15) is 5.48 Å². The van der Waals surface area contributed by atoms with Crippen LogP contribution in [-0.2, 0) is 11.4 Å². The lowest BCUT2D eigenvalue weighted by atomic mass is 10.2. The molecule has 0 aliphatic rings. The molecule has 0 aliphatic carbocycles. The summed E-state index contributed by atoms with van der Waals surface area (Å²) in [4.78, 5) is 4.63. The number of hydrogen-bond acceptors (Lipinski definition) is 3. The first-order valence-corrected chi connectivity index (χ1v) is 4.45. The minimum Gasteiger partial charge on any atom is -0.494 e. The van der Waals surface area contributed by atoms with E-state index in [4.69, 9.17) is 4.74 Å². The predicted octanol–water partition coefficient (Wildman–Crippen LogP) is 1.88. The summed E-state index contributed by atoms with van der Waals surface area (Å²) in [6, 6.07) is 4.78. The second-order valence-corrected chi connectivity index (χ2v) is 2.71. The molecule has 0 fully saturated rings. The average molecular weight is 199 g/mol. The third-order valence-electron chi connectivity index (χ3n) is 1.74. The van der Waals surface area contributed by atoms with Crippen LogP contribution in [0.2, 0.25) is 0 Å². The molecular formula is C10H14FNO2. The number of hydrogen-bond donors (Lipinski definition) is 1. The summed E-state index contributed by atoms with van der Waals surface area (Å²) in [6.45, 7) is 2.74. The Bertz CT molecular complexity index is 291. The second-order valence-electron chi connectivity index (χ2n) is 2.71. The Morgan fingerprint density at radius 1 is 1.43 bits per heavy atom. The van der Waals surface area contributed by atoms with Gasteiger partial charge in [0.1, 0.15) is 11.6 Å². The Morgan fingerprint density at radius 2 is 2.21 bits per heavy atom. The fraction of sp³-hybridized carbons (Fsp3) is 0.400. The van der Waals surface area contributed by atoms with Crippen LogP contribution in [0.4, 0.5) is 4.39 Å². The summed E-state index contributed by atoms with van der Waals surface area (Å²) in [5.74, 6) is 0.256. The summed E-state index contributed by atoms with van der Waals surface area (Å²) in [5.41, 5.74) is 3.13. The summed E-state index contributed by atoms with van der Waals surface area (Å²) in [5, 5.41) is 0. The van der Waals surface area contributed by atoms with Crippen molar-refractivity contribution in [1.82, 2.24) is 5.48 Å². The monoisotopic (exact) mass is 199 g/mol. The fourth-order valence-corrected chi connectivity index (χ4v) is 1.08. The zero-order chi connectivity index (χ0) is 10.4. The van der Waals surface area contributed by atoms with Gasteiger partial charge in [0.25, 0.3) is 0 Å². The number of ether oxygens (including phenoxy) is 1. The van der Waals surface area contributed by atoms with E-state index in [-0.39, 0.29) is 5.82 Å². The van der Waals surface area contributed by atoms with Crippen LogP contribution in [0.5, 0.6) is 5.75 Å². The zero-order valence-electron chi connectivity index (χ0n) is 8.34. The molecule has 1 aromatic rings. The van der Waals surface area contributed by atoms with E-state index >= 15 is 0 Å². The van der Waals surface area contributed by atoms with Crippen molar-refractivity contribution < 1.29 is 14.0 Å². The second kappa shape index (κ2) is 5.57. The standard InChI is InChI=1S/C10H14FNO2/c1-3-14-9-5-4-8(7-12-13-2)10(11)6-9/h4-6,12H,3,7H2,1-2H3. The molecular weight excluding hydrogens is 185 g/mol. The number of nitrogens with one attached hydrogen (secondary N) is 1. The average Bonchev–Trinajstić information content (AvgIpc) is 2.17. The van der Waals surface area contributed by atoms with Gasteiger partial charge in [0, 0.05) is 18.2 Å². The lowest BCUT2D eigenvalue weighted by molar-refractivity contribution is 0.0859. The van der Waals surface area contributed by atoms with Crippen LogP contribution >= 0.6 is 0 Å². The fourth-order valence-electron chi connectivity index (χ4n) is 1.08. The van der Waals surface area contributed by atoms with Gasteiger partial charge in [-0.1, -0.05) is 6.07 Å². The summed E-state index contributed by atoms with van der Waals surface area (Å²) < 4.78 is 18.5. The molecule has 1 aromatic carbocycles. The first kappa shape index (κ1) is 10.9. The molecule has 0 aromatic heterocycles. The lowest BCUT2D eigenvalue weighted by Crippen LogP contribution is -2.12. The Labute approximate surface area is 82.8 Å². The van der Waals surface area contributed by atoms with Crippen LogP contribution in [0, 0.1) is 5.82 Å². The molecule has 0 spiro atoms. The number of rotatable bonds is 5. The van der Waals surface area contributed by atoms with Gasteiger partial charge in [-0.05, 0) is 13.0 Å². The van der Waals surface area contributed by atoms with Gasteiger partial charge < -0.3 is 9.57 Å². The zero-order valence-corrected chi connectivity index (χ0v) is 8.34. The van der Waals surface area contributed by atoms with Crippen LogP contribution in [-0.4, -0.2) is 13.7 Å². The Morgan fingerprint density at radius 3 is 2.79 bits per heavy atom. The maximum atomic E-state index is 13.3. The van der Waals surface area contributed by atoms with Crippen LogP contribution in [0.1, 0.15) is 12.5 Å². The van der Waals surface area contributed by atoms with E-state index in [0.29, 0.717) is 24.5 Å². The van der Waals surface area contributed by atoms with E-state index < -0.39 is 0 Å². The molecule has 4 heteroatoms. The predicted molar refractivity (Wildman–Crippen MR) is 51.4 cm³/mol. The molecule has 3 nitrogen and oxygen atoms in total. The van der Waals surface area contributed by atoms with Gasteiger partial charge in [-0.25, -0.2) is 4.39 Å². The highest BCUT2D eigenvalue weighted by Crippen LogP contribution is 2.16. The molecule has 0 saturated heterocycles. The van der Waals surface area contributed by atoms with E-state index in [1.165, 1.54) is 13.2 Å². The third-order valence-corrected chi connectivity index (χ3v) is 1.74. The Kier molecular flexibility index (Phi) is 4.35. The molecule has 0 aliphatic heterocycles. The molecule has 0 heterocycles. The van der Waals surface area contributed by atoms with Gasteiger partial charge in [0.05, 0.1) is 13.7 Å². The number of hydroxylamine groups is 1. The van der Waals surface area contributed by atoms with Gasteiger partial charge in [0.2, 0.25) is 0 Å². The Balaban J connectivity index is 2.68. The molecule has 0 atom stereocenters. The Hall–Kier alpha value is -1.13. The summed E-state index contributed by atoms with van der Waals surface area (Å²) in [6.07, 6.45) is 0. The maximum absolute atomic E-state index is 13.3. The van der Waals surface area contributed by atoms with Crippen molar-refractivity contribution in [2.45, 2.75) is 13.5 Å². The maximum Gasteiger partial charge on any atom is 0.131 e. The molecule has 78 valence electrons. The van der Waals surface area contributed by atoms with Gasteiger partial charge in [-0.15, -0.1) is 0 Å². The van der Waals surface area contributed by atoms with Crippen LogP contribution in [0.15, 0.2) is 18.2 Å². The molecule has 0 saturated carbocycles. The highest BCUT2D eigenvalue weighted by molar-refractivity contribution is 5.28. The number of halogens is 1. The van der Waals surface area contributed by atoms with Gasteiger partial charge in [0.15, 0.2) is 0 Å². The smallest absolute Gasteiger partial charge is 0.131 e. The van der Waals surface area contributed by atoms with E-state index in [9.17, 15) is 4.39 Å². The van der Waals surface area contributed by atoms with Gasteiger partial charge in [-0.3, -0.25) is 0 Å². The van der Waals surface area contributed by atoms with Crippen molar-refractivity contribution >= 4 is 0 Å². The largest absolute Gasteiger partial charge is 0.494 e. The molecule has 14 heavy (non-hydrogen) atoms. The highest BCUT2D eigenvalue weighted by Gasteiger charge is 2.03. The van der Waals surface area contributed by atoms with E-state index in [2.05, 4.69) is 10.3 Å². The van der Waals surface area contributed by atoms with Crippen LogP contribution in [0.3, 0.4) is 0 Å². The van der Waals surface area contributed by atoms with Gasteiger partial charge >= 0.3 is 0 Å². The van der Waals surface area contributed by atoms with Crippen molar-refractivity contribution in [3.8, 4) is 5.75 Å². The first-order valence-electron chi connectivity index (χ1n) is 4.45. The van der Waals surface area contributed by atoms with E-state index in [0.717, 1.165) is 0 Å². The highest BCUT2D eigenvalue weighted by atomic mass is 19.1. The normalized spacial score (nSPS) is 10.2. The number of benzene rings is 1.